The standard InChI is InChI=1S/C12H16FN/c1-12(13)7-8-14-11(9-12)10-5-3-2-4-6-10/h2-6,11,14H,7-9H2,1H3/t11-,12-/m0/s1. The summed E-state index contributed by atoms with van der Waals surface area (Å²) in [5, 5.41) is 3.35. The zero-order valence-corrected chi connectivity index (χ0v) is 8.46. The second kappa shape index (κ2) is 3.70. The molecule has 1 saturated heterocycles. The molecule has 1 N–H and O–H groups in total. The van der Waals surface area contributed by atoms with Gasteiger partial charge in [0, 0.05) is 12.5 Å². The fourth-order valence-electron chi connectivity index (χ4n) is 2.03. The summed E-state index contributed by atoms with van der Waals surface area (Å²) in [5.41, 5.74) is 0.183. The molecular formula is C12H16FN. The molecule has 0 radical (unpaired) electrons. The van der Waals surface area contributed by atoms with E-state index in [2.05, 4.69) is 17.4 Å². The second-order valence-corrected chi connectivity index (χ2v) is 4.28. The number of piperidine rings is 1. The van der Waals surface area contributed by atoms with Crippen LogP contribution in [0.2, 0.25) is 0 Å². The van der Waals surface area contributed by atoms with Crippen LogP contribution in [0, 0.1) is 0 Å². The predicted molar refractivity (Wildman–Crippen MR) is 55.9 cm³/mol. The predicted octanol–water partition coefficient (Wildman–Crippen LogP) is 2.84. The van der Waals surface area contributed by atoms with Crippen LogP contribution in [0.1, 0.15) is 31.4 Å². The maximum absolute atomic E-state index is 13.8. The number of rotatable bonds is 1. The first-order chi connectivity index (χ1) is 6.67. The number of hydrogen-bond donors (Lipinski definition) is 1. The molecule has 2 atom stereocenters. The lowest BCUT2D eigenvalue weighted by molar-refractivity contribution is 0.113. The van der Waals surface area contributed by atoms with Gasteiger partial charge in [-0.15, -0.1) is 0 Å². The van der Waals surface area contributed by atoms with E-state index in [0.29, 0.717) is 12.8 Å². The van der Waals surface area contributed by atoms with Crippen LogP contribution in [0.15, 0.2) is 30.3 Å². The van der Waals surface area contributed by atoms with Crippen LogP contribution >= 0.6 is 0 Å². The summed E-state index contributed by atoms with van der Waals surface area (Å²) < 4.78 is 13.8. The molecule has 1 aliphatic rings. The molecule has 0 spiro atoms. The molecule has 0 saturated carbocycles. The Kier molecular flexibility index (Phi) is 2.55. The van der Waals surface area contributed by atoms with Crippen molar-refractivity contribution in [2.24, 2.45) is 0 Å². The van der Waals surface area contributed by atoms with Crippen molar-refractivity contribution < 1.29 is 4.39 Å². The summed E-state index contributed by atoms with van der Waals surface area (Å²) >= 11 is 0. The molecule has 1 aromatic rings. The molecule has 2 rings (SSSR count). The average molecular weight is 193 g/mol. The first-order valence-corrected chi connectivity index (χ1v) is 5.15. The summed E-state index contributed by atoms with van der Waals surface area (Å²) in [6, 6.07) is 10.3. The molecule has 0 unspecified atom stereocenters. The summed E-state index contributed by atoms with van der Waals surface area (Å²) in [7, 11) is 0. The third kappa shape index (κ3) is 2.13. The van der Waals surface area contributed by atoms with Gasteiger partial charge in [-0.25, -0.2) is 4.39 Å². The lowest BCUT2D eigenvalue weighted by atomic mass is 9.88. The quantitative estimate of drug-likeness (QED) is 0.723. The van der Waals surface area contributed by atoms with Crippen molar-refractivity contribution in [1.29, 1.82) is 0 Å². The molecule has 0 amide bonds. The van der Waals surface area contributed by atoms with E-state index in [1.54, 1.807) is 6.92 Å². The second-order valence-electron chi connectivity index (χ2n) is 4.28. The van der Waals surface area contributed by atoms with E-state index in [-0.39, 0.29) is 6.04 Å². The van der Waals surface area contributed by atoms with Crippen molar-refractivity contribution in [3.8, 4) is 0 Å². The highest BCUT2D eigenvalue weighted by Gasteiger charge is 2.31. The van der Waals surface area contributed by atoms with Gasteiger partial charge in [-0.1, -0.05) is 30.3 Å². The van der Waals surface area contributed by atoms with Crippen LogP contribution in [-0.4, -0.2) is 12.2 Å². The molecule has 1 nitrogen and oxygen atoms in total. The summed E-state index contributed by atoms with van der Waals surface area (Å²) in [6.45, 7) is 2.47. The van der Waals surface area contributed by atoms with E-state index in [0.717, 1.165) is 6.54 Å². The monoisotopic (exact) mass is 193 g/mol. The largest absolute Gasteiger partial charge is 0.310 e. The molecule has 0 aliphatic carbocycles. The maximum atomic E-state index is 13.8. The van der Waals surface area contributed by atoms with Gasteiger partial charge >= 0.3 is 0 Å². The third-order valence-electron chi connectivity index (χ3n) is 2.87. The molecule has 1 heterocycles. The Morgan fingerprint density at radius 3 is 2.71 bits per heavy atom. The highest BCUT2D eigenvalue weighted by molar-refractivity contribution is 5.20. The Balaban J connectivity index is 2.12. The van der Waals surface area contributed by atoms with Gasteiger partial charge in [0.05, 0.1) is 0 Å². The SMILES string of the molecule is C[C@]1(F)CCN[C@H](c2ccccc2)C1. The van der Waals surface area contributed by atoms with Crippen molar-refractivity contribution in [3.63, 3.8) is 0 Å². The minimum atomic E-state index is -1.01. The molecule has 1 aromatic carbocycles. The highest BCUT2D eigenvalue weighted by atomic mass is 19.1. The topological polar surface area (TPSA) is 12.0 Å². The average Bonchev–Trinajstić information content (AvgIpc) is 2.18. The van der Waals surface area contributed by atoms with Crippen LogP contribution in [0.5, 0.6) is 0 Å². The van der Waals surface area contributed by atoms with Crippen molar-refractivity contribution >= 4 is 0 Å². The highest BCUT2D eigenvalue weighted by Crippen LogP contribution is 2.32. The van der Waals surface area contributed by atoms with Crippen molar-refractivity contribution in [2.45, 2.75) is 31.5 Å². The van der Waals surface area contributed by atoms with E-state index in [9.17, 15) is 4.39 Å². The number of alkyl halides is 1. The third-order valence-corrected chi connectivity index (χ3v) is 2.87. The number of hydrogen-bond acceptors (Lipinski definition) is 1. The van der Waals surface area contributed by atoms with Gasteiger partial charge in [0.2, 0.25) is 0 Å². The van der Waals surface area contributed by atoms with Gasteiger partial charge in [0.25, 0.3) is 0 Å². The Hall–Kier alpha value is -0.890. The minimum Gasteiger partial charge on any atom is -0.310 e. The molecule has 1 fully saturated rings. The minimum absolute atomic E-state index is 0.181. The normalized spacial score (nSPS) is 32.9. The molecular weight excluding hydrogens is 177 g/mol. The first-order valence-electron chi connectivity index (χ1n) is 5.15. The fourth-order valence-corrected chi connectivity index (χ4v) is 2.03. The van der Waals surface area contributed by atoms with Gasteiger partial charge in [-0.05, 0) is 25.5 Å². The summed E-state index contributed by atoms with van der Waals surface area (Å²) in [4.78, 5) is 0. The molecule has 14 heavy (non-hydrogen) atoms. The zero-order chi connectivity index (χ0) is 10.0. The van der Waals surface area contributed by atoms with Gasteiger partial charge in [-0.2, -0.15) is 0 Å². The van der Waals surface area contributed by atoms with Gasteiger partial charge in [0.15, 0.2) is 0 Å². The van der Waals surface area contributed by atoms with E-state index >= 15 is 0 Å². The molecule has 76 valence electrons. The van der Waals surface area contributed by atoms with Gasteiger partial charge < -0.3 is 5.32 Å². The maximum Gasteiger partial charge on any atom is 0.111 e. The molecule has 0 aromatic heterocycles. The van der Waals surface area contributed by atoms with Crippen LogP contribution in [0.25, 0.3) is 0 Å². The summed E-state index contributed by atoms with van der Waals surface area (Å²) in [6.07, 6.45) is 1.20. The lowest BCUT2D eigenvalue weighted by Gasteiger charge is -2.33. The molecule has 2 heteroatoms. The molecule has 1 aliphatic heterocycles. The van der Waals surface area contributed by atoms with Gasteiger partial charge in [0.1, 0.15) is 5.67 Å². The van der Waals surface area contributed by atoms with Crippen LogP contribution in [-0.2, 0) is 0 Å². The Morgan fingerprint density at radius 1 is 1.36 bits per heavy atom. The van der Waals surface area contributed by atoms with E-state index < -0.39 is 5.67 Å². The van der Waals surface area contributed by atoms with E-state index in [1.165, 1.54) is 5.56 Å². The van der Waals surface area contributed by atoms with E-state index in [1.807, 2.05) is 18.2 Å². The Labute approximate surface area is 84.3 Å². The number of nitrogens with one attached hydrogen (secondary N) is 1. The first kappa shape index (κ1) is 9.66. The Bertz CT molecular complexity index is 294. The fraction of sp³-hybridized carbons (Fsp3) is 0.500. The molecule has 0 bridgehead atoms. The van der Waals surface area contributed by atoms with Crippen molar-refractivity contribution in [2.75, 3.05) is 6.54 Å². The van der Waals surface area contributed by atoms with Crippen molar-refractivity contribution in [3.05, 3.63) is 35.9 Å². The van der Waals surface area contributed by atoms with Gasteiger partial charge in [-0.3, -0.25) is 0 Å². The Morgan fingerprint density at radius 2 is 2.07 bits per heavy atom. The smallest absolute Gasteiger partial charge is 0.111 e. The number of halogens is 1. The van der Waals surface area contributed by atoms with E-state index in [4.69, 9.17) is 0 Å². The van der Waals surface area contributed by atoms with Crippen LogP contribution in [0.4, 0.5) is 4.39 Å². The van der Waals surface area contributed by atoms with Crippen LogP contribution < -0.4 is 5.32 Å². The van der Waals surface area contributed by atoms with Crippen molar-refractivity contribution in [1.82, 2.24) is 5.32 Å². The number of benzene rings is 1. The summed E-state index contributed by atoms with van der Waals surface area (Å²) in [5.74, 6) is 0. The van der Waals surface area contributed by atoms with Crippen LogP contribution in [0.3, 0.4) is 0 Å². The zero-order valence-electron chi connectivity index (χ0n) is 8.46. The lowest BCUT2D eigenvalue weighted by Crippen LogP contribution is -2.38.